The van der Waals surface area contributed by atoms with Crippen molar-refractivity contribution in [3.8, 4) is 11.5 Å². The molecule has 0 radical (unpaired) electrons. The van der Waals surface area contributed by atoms with Gasteiger partial charge in [0.1, 0.15) is 11.5 Å². The molecule has 0 N–H and O–H groups in total. The lowest BCUT2D eigenvalue weighted by molar-refractivity contribution is -0.274. The van der Waals surface area contributed by atoms with Gasteiger partial charge in [-0.2, -0.15) is 4.31 Å². The van der Waals surface area contributed by atoms with E-state index >= 15 is 0 Å². The van der Waals surface area contributed by atoms with Crippen molar-refractivity contribution in [2.24, 2.45) is 0 Å². The number of halogens is 3. The predicted molar refractivity (Wildman–Crippen MR) is 105 cm³/mol. The van der Waals surface area contributed by atoms with E-state index < -0.39 is 28.2 Å². The summed E-state index contributed by atoms with van der Waals surface area (Å²) in [5.74, 6) is -0.202. The lowest BCUT2D eigenvalue weighted by Gasteiger charge is -2.35. The second-order valence-corrected chi connectivity index (χ2v) is 8.76. The summed E-state index contributed by atoms with van der Waals surface area (Å²) in [4.78, 5) is 14.0. The van der Waals surface area contributed by atoms with Gasteiger partial charge in [0.2, 0.25) is 10.0 Å². The first kappa shape index (κ1) is 22.9. The molecule has 0 saturated carbocycles. The largest absolute Gasteiger partial charge is 0.573 e. The summed E-state index contributed by atoms with van der Waals surface area (Å²) in [6.07, 6.45) is -5.59. The van der Waals surface area contributed by atoms with E-state index in [1.807, 2.05) is 6.07 Å². The summed E-state index contributed by atoms with van der Waals surface area (Å²) in [6, 6.07) is 12.9. The number of piperazine rings is 1. The number of sulfonamides is 1. The molecule has 0 spiro atoms. The minimum atomic E-state index is -4.86. The van der Waals surface area contributed by atoms with Gasteiger partial charge in [0.05, 0.1) is 4.90 Å². The zero-order chi connectivity index (χ0) is 22.6. The van der Waals surface area contributed by atoms with E-state index in [1.165, 1.54) is 9.21 Å². The van der Waals surface area contributed by atoms with Crippen LogP contribution in [0.3, 0.4) is 0 Å². The van der Waals surface area contributed by atoms with Crippen molar-refractivity contribution >= 4 is 15.9 Å². The topological polar surface area (TPSA) is 76.2 Å². The maximum atomic E-state index is 12.8. The summed E-state index contributed by atoms with van der Waals surface area (Å²) < 4.78 is 72.9. The Kier molecular flexibility index (Phi) is 6.75. The molecule has 168 valence electrons. The van der Waals surface area contributed by atoms with Crippen LogP contribution < -0.4 is 9.47 Å². The Morgan fingerprint density at radius 2 is 1.52 bits per heavy atom. The van der Waals surface area contributed by atoms with Gasteiger partial charge in [-0.15, -0.1) is 13.2 Å². The Bertz CT molecular complexity index is 990. The third kappa shape index (κ3) is 5.88. The maximum Gasteiger partial charge on any atom is 0.573 e. The number of para-hydroxylation sites is 1. The fourth-order valence-corrected chi connectivity index (χ4v) is 4.54. The summed E-state index contributed by atoms with van der Waals surface area (Å²) in [6.45, 7) is 2.11. The number of ether oxygens (including phenoxy) is 2. The minimum absolute atomic E-state index is 0.0624. The maximum absolute atomic E-state index is 12.8. The van der Waals surface area contributed by atoms with Crippen molar-refractivity contribution in [2.45, 2.75) is 24.3 Å². The normalized spacial score (nSPS) is 16.6. The Labute approximate surface area is 178 Å². The highest BCUT2D eigenvalue weighted by molar-refractivity contribution is 7.89. The van der Waals surface area contributed by atoms with Crippen molar-refractivity contribution in [1.29, 1.82) is 0 Å². The molecule has 1 saturated heterocycles. The molecular formula is C20H21F3N2O5S. The third-order valence-electron chi connectivity index (χ3n) is 4.65. The van der Waals surface area contributed by atoms with E-state index in [9.17, 15) is 26.4 Å². The molecule has 2 aromatic rings. The number of carbonyl (C=O) groups excluding carboxylic acids is 1. The van der Waals surface area contributed by atoms with Crippen molar-refractivity contribution in [1.82, 2.24) is 9.21 Å². The first-order valence-electron chi connectivity index (χ1n) is 9.43. The molecule has 7 nitrogen and oxygen atoms in total. The predicted octanol–water partition coefficient (Wildman–Crippen LogP) is 2.89. The van der Waals surface area contributed by atoms with Crippen LogP contribution in [0.15, 0.2) is 59.5 Å². The molecular weight excluding hydrogens is 437 g/mol. The Balaban J connectivity index is 1.58. The number of benzene rings is 2. The van der Waals surface area contributed by atoms with Gasteiger partial charge < -0.3 is 14.4 Å². The van der Waals surface area contributed by atoms with Crippen LogP contribution >= 0.6 is 0 Å². The van der Waals surface area contributed by atoms with Crippen molar-refractivity contribution in [3.05, 3.63) is 54.6 Å². The second-order valence-electron chi connectivity index (χ2n) is 6.82. The van der Waals surface area contributed by atoms with Crippen LogP contribution in [0.4, 0.5) is 13.2 Å². The zero-order valence-corrected chi connectivity index (χ0v) is 17.4. The molecule has 0 aliphatic carbocycles. The molecule has 0 bridgehead atoms. The van der Waals surface area contributed by atoms with Crippen LogP contribution in [-0.4, -0.2) is 62.2 Å². The van der Waals surface area contributed by atoms with Gasteiger partial charge in [0.25, 0.3) is 5.91 Å². The SMILES string of the molecule is CC(Oc1ccccc1)C(=O)N1CCN(S(=O)(=O)c2ccc(OC(F)(F)F)cc2)CC1. The van der Waals surface area contributed by atoms with Crippen molar-refractivity contribution < 1.29 is 35.9 Å². The number of alkyl halides is 3. The van der Waals surface area contributed by atoms with E-state index in [1.54, 1.807) is 31.2 Å². The molecule has 1 aliphatic heterocycles. The summed E-state index contributed by atoms with van der Waals surface area (Å²) in [5, 5.41) is 0. The highest BCUT2D eigenvalue weighted by Gasteiger charge is 2.33. The third-order valence-corrected chi connectivity index (χ3v) is 6.56. The number of rotatable bonds is 6. The number of hydrogen-bond acceptors (Lipinski definition) is 5. The molecule has 1 unspecified atom stereocenters. The van der Waals surface area contributed by atoms with Crippen molar-refractivity contribution in [2.75, 3.05) is 26.2 Å². The van der Waals surface area contributed by atoms with Gasteiger partial charge in [0.15, 0.2) is 6.10 Å². The highest BCUT2D eigenvalue weighted by Crippen LogP contribution is 2.25. The number of amides is 1. The van der Waals surface area contributed by atoms with Crippen LogP contribution in [0.5, 0.6) is 11.5 Å². The number of hydrogen-bond donors (Lipinski definition) is 0. The second kappa shape index (κ2) is 9.15. The summed E-state index contributed by atoms with van der Waals surface area (Å²) in [7, 11) is -3.91. The number of nitrogens with zero attached hydrogens (tertiary/aromatic N) is 2. The molecule has 31 heavy (non-hydrogen) atoms. The summed E-state index contributed by atoms with van der Waals surface area (Å²) >= 11 is 0. The first-order valence-corrected chi connectivity index (χ1v) is 10.9. The summed E-state index contributed by atoms with van der Waals surface area (Å²) in [5.41, 5.74) is 0. The molecule has 1 atom stereocenters. The van der Waals surface area contributed by atoms with E-state index in [0.29, 0.717) is 5.75 Å². The molecule has 1 amide bonds. The van der Waals surface area contributed by atoms with E-state index in [2.05, 4.69) is 4.74 Å². The molecule has 1 aliphatic rings. The van der Waals surface area contributed by atoms with Gasteiger partial charge in [-0.25, -0.2) is 8.42 Å². The van der Waals surface area contributed by atoms with Crippen molar-refractivity contribution in [3.63, 3.8) is 0 Å². The molecule has 2 aromatic carbocycles. The fourth-order valence-electron chi connectivity index (χ4n) is 3.12. The van der Waals surface area contributed by atoms with Gasteiger partial charge in [-0.3, -0.25) is 4.79 Å². The van der Waals surface area contributed by atoms with Gasteiger partial charge in [-0.1, -0.05) is 18.2 Å². The monoisotopic (exact) mass is 458 g/mol. The Morgan fingerprint density at radius 1 is 0.935 bits per heavy atom. The highest BCUT2D eigenvalue weighted by atomic mass is 32.2. The molecule has 11 heteroatoms. The Morgan fingerprint density at radius 3 is 2.06 bits per heavy atom. The standard InChI is InChI=1S/C20H21F3N2O5S/c1-15(29-16-5-3-2-4-6-16)19(26)24-11-13-25(14-12-24)31(27,28)18-9-7-17(8-10-18)30-20(21,22)23/h2-10,15H,11-14H2,1H3. The lowest BCUT2D eigenvalue weighted by Crippen LogP contribution is -2.53. The molecule has 0 aromatic heterocycles. The van der Waals surface area contributed by atoms with E-state index in [4.69, 9.17) is 4.74 Å². The first-order chi connectivity index (χ1) is 14.6. The van der Waals surface area contributed by atoms with Gasteiger partial charge in [0, 0.05) is 26.2 Å². The van der Waals surface area contributed by atoms with Crippen LogP contribution in [0.2, 0.25) is 0 Å². The molecule has 1 heterocycles. The smallest absolute Gasteiger partial charge is 0.481 e. The molecule has 1 fully saturated rings. The lowest BCUT2D eigenvalue weighted by atomic mass is 10.3. The quantitative estimate of drug-likeness (QED) is 0.666. The van der Waals surface area contributed by atoms with Crippen LogP contribution in [0.1, 0.15) is 6.92 Å². The fraction of sp³-hybridized carbons (Fsp3) is 0.350. The minimum Gasteiger partial charge on any atom is -0.481 e. The number of carbonyl (C=O) groups is 1. The van der Waals surface area contributed by atoms with E-state index in [0.717, 1.165) is 24.3 Å². The molecule has 3 rings (SSSR count). The van der Waals surface area contributed by atoms with Gasteiger partial charge in [-0.05, 0) is 43.3 Å². The van der Waals surface area contributed by atoms with Gasteiger partial charge >= 0.3 is 6.36 Å². The zero-order valence-electron chi connectivity index (χ0n) is 16.6. The van der Waals surface area contributed by atoms with Crippen LogP contribution in [0, 0.1) is 0 Å². The van der Waals surface area contributed by atoms with Crippen LogP contribution in [0.25, 0.3) is 0 Å². The van der Waals surface area contributed by atoms with E-state index in [-0.39, 0.29) is 37.0 Å². The average Bonchev–Trinajstić information content (AvgIpc) is 2.73. The Hall–Kier alpha value is -2.79. The average molecular weight is 458 g/mol. The van der Waals surface area contributed by atoms with Crippen LogP contribution in [-0.2, 0) is 14.8 Å².